The van der Waals surface area contributed by atoms with Gasteiger partial charge in [-0.25, -0.2) is 4.98 Å². The number of anilines is 1. The molecule has 1 atom stereocenters. The van der Waals surface area contributed by atoms with Gasteiger partial charge in [-0.1, -0.05) is 18.1 Å². The van der Waals surface area contributed by atoms with Crippen LogP contribution in [-0.2, 0) is 6.54 Å². The molecule has 0 spiro atoms. The van der Waals surface area contributed by atoms with E-state index in [4.69, 9.17) is 0 Å². The maximum Gasteiger partial charge on any atom is 0.255 e. The Morgan fingerprint density at radius 2 is 2.17 bits per heavy atom. The van der Waals surface area contributed by atoms with E-state index in [1.165, 1.54) is 0 Å². The molecule has 1 amide bonds. The van der Waals surface area contributed by atoms with Gasteiger partial charge in [-0.15, -0.1) is 0 Å². The molecule has 2 aromatic rings. The van der Waals surface area contributed by atoms with Crippen LogP contribution in [0.15, 0.2) is 54.9 Å². The molecule has 1 saturated heterocycles. The molecule has 1 aromatic carbocycles. The molecular formula is C23H26N4O2. The van der Waals surface area contributed by atoms with E-state index in [1.807, 2.05) is 31.2 Å². The van der Waals surface area contributed by atoms with Crippen LogP contribution in [0.25, 0.3) is 0 Å². The van der Waals surface area contributed by atoms with Gasteiger partial charge in [-0.3, -0.25) is 9.69 Å². The lowest BCUT2D eigenvalue weighted by Crippen LogP contribution is -2.21. The fourth-order valence-corrected chi connectivity index (χ4v) is 3.09. The number of rotatable bonds is 6. The van der Waals surface area contributed by atoms with E-state index >= 15 is 0 Å². The van der Waals surface area contributed by atoms with Crippen LogP contribution < -0.4 is 10.6 Å². The third-order valence-corrected chi connectivity index (χ3v) is 4.58. The van der Waals surface area contributed by atoms with Crippen molar-refractivity contribution in [2.75, 3.05) is 25.0 Å². The number of hydrogen-bond donors (Lipinski definition) is 3. The van der Waals surface area contributed by atoms with Gasteiger partial charge in [-0.2, -0.15) is 0 Å². The second-order valence-corrected chi connectivity index (χ2v) is 6.92. The maximum atomic E-state index is 12.5. The van der Waals surface area contributed by atoms with E-state index in [0.29, 0.717) is 23.5 Å². The molecule has 1 aliphatic heterocycles. The average Bonchev–Trinajstić information content (AvgIpc) is 3.13. The van der Waals surface area contributed by atoms with Crippen LogP contribution in [-0.4, -0.2) is 46.6 Å². The number of nitrogens with zero attached hydrogens (tertiary/aromatic N) is 2. The molecule has 0 unspecified atom stereocenters. The minimum Gasteiger partial charge on any atom is -0.392 e. The minimum absolute atomic E-state index is 0.176. The lowest BCUT2D eigenvalue weighted by Gasteiger charge is -2.15. The van der Waals surface area contributed by atoms with Crippen molar-refractivity contribution in [1.82, 2.24) is 15.2 Å². The Morgan fingerprint density at radius 1 is 1.34 bits per heavy atom. The highest BCUT2D eigenvalue weighted by atomic mass is 16.3. The summed E-state index contributed by atoms with van der Waals surface area (Å²) in [6.07, 6.45) is 5.74. The van der Waals surface area contributed by atoms with E-state index in [1.54, 1.807) is 30.6 Å². The smallest absolute Gasteiger partial charge is 0.255 e. The monoisotopic (exact) mass is 390 g/mol. The molecule has 0 aliphatic carbocycles. The van der Waals surface area contributed by atoms with Crippen LogP contribution in [0.5, 0.6) is 0 Å². The van der Waals surface area contributed by atoms with Crippen LogP contribution in [0.4, 0.5) is 5.69 Å². The molecule has 2 heterocycles. The number of carbonyl (C=O) groups excluding carboxylic acids is 1. The van der Waals surface area contributed by atoms with Gasteiger partial charge in [0.15, 0.2) is 0 Å². The predicted octanol–water partition coefficient (Wildman–Crippen LogP) is 2.38. The summed E-state index contributed by atoms with van der Waals surface area (Å²) >= 11 is 0. The van der Waals surface area contributed by atoms with Gasteiger partial charge in [0.2, 0.25) is 0 Å². The van der Waals surface area contributed by atoms with Crippen LogP contribution in [0, 0.1) is 11.8 Å². The van der Waals surface area contributed by atoms with Gasteiger partial charge >= 0.3 is 0 Å². The summed E-state index contributed by atoms with van der Waals surface area (Å²) in [5.41, 5.74) is 2.96. The standard InChI is InChI=1S/C23H26N4O2/c1-2-24-12-4-3-5-20-15-21(10-13-25-20)26-23(29)19-8-6-18(7-9-19)16-27-14-11-22(28)17-27/h4,6-10,12-13,15,22,24,28H,2,11,14,16-17H2,1H3,(H,25,26,29)/b12-4+/t22-/m1/s1. The first-order valence-corrected chi connectivity index (χ1v) is 9.80. The van der Waals surface area contributed by atoms with E-state index in [2.05, 4.69) is 32.4 Å². The number of benzene rings is 1. The van der Waals surface area contributed by atoms with Crippen molar-refractivity contribution in [1.29, 1.82) is 0 Å². The van der Waals surface area contributed by atoms with Crippen LogP contribution in [0.1, 0.15) is 35.0 Å². The van der Waals surface area contributed by atoms with Crippen molar-refractivity contribution in [3.8, 4) is 11.8 Å². The van der Waals surface area contributed by atoms with Crippen LogP contribution >= 0.6 is 0 Å². The SMILES string of the molecule is CCN/C=C/C#Cc1cc(NC(=O)c2ccc(CN3CC[C@@H](O)C3)cc2)ccn1. The summed E-state index contributed by atoms with van der Waals surface area (Å²) in [6.45, 7) is 5.26. The summed E-state index contributed by atoms with van der Waals surface area (Å²) in [5.74, 6) is 5.66. The van der Waals surface area contributed by atoms with Crippen molar-refractivity contribution >= 4 is 11.6 Å². The molecule has 0 radical (unpaired) electrons. The van der Waals surface area contributed by atoms with Crippen LogP contribution in [0.2, 0.25) is 0 Å². The zero-order valence-corrected chi connectivity index (χ0v) is 16.6. The number of β-amino-alcohol motifs (C(OH)–C–C–N with tert-alkyl or cyclic N) is 1. The molecule has 3 rings (SSSR count). The number of aromatic nitrogens is 1. The number of aliphatic hydroxyl groups excluding tert-OH is 1. The molecule has 1 fully saturated rings. The Balaban J connectivity index is 1.57. The first kappa shape index (κ1) is 20.6. The largest absolute Gasteiger partial charge is 0.392 e. The lowest BCUT2D eigenvalue weighted by molar-refractivity contribution is 0.102. The number of allylic oxidation sites excluding steroid dienone is 1. The number of pyridine rings is 1. The number of amides is 1. The molecule has 150 valence electrons. The van der Waals surface area contributed by atoms with Gasteiger partial charge in [0.05, 0.1) is 6.10 Å². The highest BCUT2D eigenvalue weighted by molar-refractivity contribution is 6.04. The fraction of sp³-hybridized carbons (Fsp3) is 0.304. The summed E-state index contributed by atoms with van der Waals surface area (Å²) in [4.78, 5) is 18.9. The molecule has 29 heavy (non-hydrogen) atoms. The van der Waals surface area contributed by atoms with Crippen molar-refractivity contribution in [3.63, 3.8) is 0 Å². The quantitative estimate of drug-likeness (QED) is 0.660. The van der Waals surface area contributed by atoms with Crippen LogP contribution in [0.3, 0.4) is 0 Å². The fourth-order valence-electron chi connectivity index (χ4n) is 3.09. The number of likely N-dealkylation sites (tertiary alicyclic amines) is 1. The van der Waals surface area contributed by atoms with Crippen molar-refractivity contribution in [3.05, 3.63) is 71.7 Å². The second kappa shape index (κ2) is 10.4. The van der Waals surface area contributed by atoms with Gasteiger partial charge in [-0.05, 0) is 49.1 Å². The zero-order valence-electron chi connectivity index (χ0n) is 16.6. The lowest BCUT2D eigenvalue weighted by atomic mass is 10.1. The Hall–Kier alpha value is -3.14. The summed E-state index contributed by atoms with van der Waals surface area (Å²) in [5, 5.41) is 15.6. The van der Waals surface area contributed by atoms with Gasteiger partial charge in [0.1, 0.15) is 5.69 Å². The van der Waals surface area contributed by atoms with E-state index in [-0.39, 0.29) is 12.0 Å². The molecule has 0 bridgehead atoms. The predicted molar refractivity (Wildman–Crippen MR) is 114 cm³/mol. The molecule has 3 N–H and O–H groups in total. The third-order valence-electron chi connectivity index (χ3n) is 4.58. The normalized spacial score (nSPS) is 16.4. The van der Waals surface area contributed by atoms with E-state index < -0.39 is 0 Å². The Morgan fingerprint density at radius 3 is 2.90 bits per heavy atom. The highest BCUT2D eigenvalue weighted by Gasteiger charge is 2.19. The molecule has 1 aliphatic rings. The second-order valence-electron chi connectivity index (χ2n) is 6.92. The Labute approximate surface area is 171 Å². The molecule has 0 saturated carbocycles. The molecule has 6 nitrogen and oxygen atoms in total. The number of hydrogen-bond acceptors (Lipinski definition) is 5. The molecular weight excluding hydrogens is 364 g/mol. The van der Waals surface area contributed by atoms with Crippen molar-refractivity contribution < 1.29 is 9.90 Å². The molecule has 6 heteroatoms. The number of carbonyl (C=O) groups is 1. The van der Waals surface area contributed by atoms with Crippen molar-refractivity contribution in [2.24, 2.45) is 0 Å². The number of aliphatic hydroxyl groups is 1. The molecule has 1 aromatic heterocycles. The number of nitrogens with one attached hydrogen (secondary N) is 2. The minimum atomic E-state index is -0.223. The summed E-state index contributed by atoms with van der Waals surface area (Å²) < 4.78 is 0. The Kier molecular flexibility index (Phi) is 7.40. The average molecular weight is 390 g/mol. The topological polar surface area (TPSA) is 77.5 Å². The maximum absolute atomic E-state index is 12.5. The van der Waals surface area contributed by atoms with E-state index in [0.717, 1.165) is 31.6 Å². The highest BCUT2D eigenvalue weighted by Crippen LogP contribution is 2.15. The first-order chi connectivity index (χ1) is 14.1. The van der Waals surface area contributed by atoms with Gasteiger partial charge in [0.25, 0.3) is 5.91 Å². The van der Waals surface area contributed by atoms with E-state index in [9.17, 15) is 9.90 Å². The summed E-state index contributed by atoms with van der Waals surface area (Å²) in [7, 11) is 0. The first-order valence-electron chi connectivity index (χ1n) is 9.80. The third kappa shape index (κ3) is 6.46. The van der Waals surface area contributed by atoms with Crippen molar-refractivity contribution in [2.45, 2.75) is 26.0 Å². The van der Waals surface area contributed by atoms with Gasteiger partial charge < -0.3 is 15.7 Å². The zero-order chi connectivity index (χ0) is 20.5. The Bertz CT molecular complexity index is 912. The summed E-state index contributed by atoms with van der Waals surface area (Å²) in [6, 6.07) is 11.1. The van der Waals surface area contributed by atoms with Gasteiger partial charge in [0, 0.05) is 55.9 Å².